The first-order valence-corrected chi connectivity index (χ1v) is 5.74. The number of hydrogen-bond acceptors (Lipinski definition) is 4. The molecule has 6 heteroatoms. The van der Waals surface area contributed by atoms with Crippen LogP contribution in [0.15, 0.2) is 16.8 Å². The fourth-order valence-corrected chi connectivity index (χ4v) is 1.70. The molecule has 16 heavy (non-hydrogen) atoms. The zero-order valence-electron chi connectivity index (χ0n) is 8.97. The Balaban J connectivity index is 2.35. The molecule has 1 rings (SSSR count). The Morgan fingerprint density at radius 3 is 2.88 bits per heavy atom. The van der Waals surface area contributed by atoms with Crippen molar-refractivity contribution >= 4 is 23.2 Å². The van der Waals surface area contributed by atoms with E-state index in [1.54, 1.807) is 23.9 Å². The molecule has 0 fully saturated rings. The Morgan fingerprint density at radius 2 is 2.31 bits per heavy atom. The van der Waals surface area contributed by atoms with Crippen LogP contribution in [0, 0.1) is 0 Å². The first kappa shape index (κ1) is 12.7. The number of nitrogens with one attached hydrogen (secondary N) is 1. The maximum Gasteiger partial charge on any atom is 0.252 e. The molecule has 1 heterocycles. The van der Waals surface area contributed by atoms with Gasteiger partial charge in [0.1, 0.15) is 0 Å². The molecule has 0 radical (unpaired) electrons. The fourth-order valence-electron chi connectivity index (χ4n) is 1.06. The van der Waals surface area contributed by atoms with Crippen LogP contribution >= 0.6 is 11.3 Å². The van der Waals surface area contributed by atoms with Gasteiger partial charge >= 0.3 is 0 Å². The molecule has 0 aliphatic heterocycles. The van der Waals surface area contributed by atoms with E-state index >= 15 is 0 Å². The summed E-state index contributed by atoms with van der Waals surface area (Å²) < 4.78 is 0. The molecule has 0 aliphatic rings. The lowest BCUT2D eigenvalue weighted by atomic mass is 10.3. The lowest BCUT2D eigenvalue weighted by molar-refractivity contribution is -0.129. The number of nitrogens with zero attached hydrogens (tertiary/aromatic N) is 1. The molecule has 88 valence electrons. The molecule has 0 atom stereocenters. The maximum absolute atomic E-state index is 11.5. The summed E-state index contributed by atoms with van der Waals surface area (Å²) in [6, 6.07) is 1.70. The smallest absolute Gasteiger partial charge is 0.252 e. The van der Waals surface area contributed by atoms with Gasteiger partial charge in [-0.05, 0) is 11.4 Å². The minimum absolute atomic E-state index is 0.0504. The van der Waals surface area contributed by atoms with E-state index < -0.39 is 0 Å². The van der Waals surface area contributed by atoms with E-state index in [0.29, 0.717) is 5.56 Å². The third kappa shape index (κ3) is 3.63. The van der Waals surface area contributed by atoms with Gasteiger partial charge in [0, 0.05) is 24.5 Å². The summed E-state index contributed by atoms with van der Waals surface area (Å²) in [6.07, 6.45) is 0. The van der Waals surface area contributed by atoms with E-state index in [0.717, 1.165) is 0 Å². The summed E-state index contributed by atoms with van der Waals surface area (Å²) in [5.41, 5.74) is 0.558. The SMILES string of the molecule is CN(CCO)C(=O)CNC(=O)c1ccsc1. The van der Waals surface area contributed by atoms with E-state index in [-0.39, 0.29) is 31.5 Å². The summed E-state index contributed by atoms with van der Waals surface area (Å²) in [5, 5.41) is 14.7. The Morgan fingerprint density at radius 1 is 1.56 bits per heavy atom. The number of likely N-dealkylation sites (N-methyl/N-ethyl adjacent to an activating group) is 1. The normalized spacial score (nSPS) is 9.88. The summed E-state index contributed by atoms with van der Waals surface area (Å²) in [7, 11) is 1.58. The maximum atomic E-state index is 11.5. The van der Waals surface area contributed by atoms with Crippen LogP contribution in [-0.2, 0) is 4.79 Å². The summed E-state index contributed by atoms with van der Waals surface area (Å²) >= 11 is 1.43. The third-order valence-corrected chi connectivity index (χ3v) is 2.73. The van der Waals surface area contributed by atoms with E-state index in [1.165, 1.54) is 16.2 Å². The molecule has 2 N–H and O–H groups in total. The van der Waals surface area contributed by atoms with Crippen LogP contribution in [0.25, 0.3) is 0 Å². The van der Waals surface area contributed by atoms with Gasteiger partial charge < -0.3 is 15.3 Å². The Hall–Kier alpha value is -1.40. The predicted octanol–water partition coefficient (Wildman–Crippen LogP) is -0.0714. The molecule has 2 amide bonds. The average molecular weight is 242 g/mol. The Labute approximate surface area is 97.7 Å². The van der Waals surface area contributed by atoms with Crippen molar-refractivity contribution in [3.8, 4) is 0 Å². The van der Waals surface area contributed by atoms with Crippen LogP contribution in [0.5, 0.6) is 0 Å². The standard InChI is InChI=1S/C10H14N2O3S/c1-12(3-4-13)9(14)6-11-10(15)8-2-5-16-7-8/h2,5,7,13H,3-4,6H2,1H3,(H,11,15). The second kappa shape index (κ2) is 6.24. The highest BCUT2D eigenvalue weighted by Gasteiger charge is 2.11. The number of aliphatic hydroxyl groups is 1. The molecule has 0 aromatic carbocycles. The topological polar surface area (TPSA) is 69.6 Å². The van der Waals surface area contributed by atoms with Gasteiger partial charge in [0.2, 0.25) is 5.91 Å². The van der Waals surface area contributed by atoms with Gasteiger partial charge in [0.15, 0.2) is 0 Å². The highest BCUT2D eigenvalue weighted by molar-refractivity contribution is 7.08. The lowest BCUT2D eigenvalue weighted by Gasteiger charge is -2.15. The van der Waals surface area contributed by atoms with Crippen molar-refractivity contribution in [3.63, 3.8) is 0 Å². The molecular weight excluding hydrogens is 228 g/mol. The van der Waals surface area contributed by atoms with Crippen LogP contribution in [0.2, 0.25) is 0 Å². The molecule has 0 saturated carbocycles. The molecule has 0 unspecified atom stereocenters. The minimum Gasteiger partial charge on any atom is -0.395 e. The van der Waals surface area contributed by atoms with Crippen LogP contribution < -0.4 is 5.32 Å². The Bertz CT molecular complexity index is 351. The molecule has 0 saturated heterocycles. The summed E-state index contributed by atoms with van der Waals surface area (Å²) in [5.74, 6) is -0.482. The zero-order chi connectivity index (χ0) is 12.0. The number of hydrogen-bond donors (Lipinski definition) is 2. The average Bonchev–Trinajstić information content (AvgIpc) is 2.79. The Kier molecular flexibility index (Phi) is 4.94. The molecular formula is C10H14N2O3S. The number of carbonyl (C=O) groups excluding carboxylic acids is 2. The molecule has 0 spiro atoms. The number of thiophene rings is 1. The van der Waals surface area contributed by atoms with Crippen LogP contribution in [0.4, 0.5) is 0 Å². The highest BCUT2D eigenvalue weighted by Crippen LogP contribution is 2.04. The summed E-state index contributed by atoms with van der Waals surface area (Å²) in [4.78, 5) is 24.2. The van der Waals surface area contributed by atoms with Gasteiger partial charge in [-0.2, -0.15) is 11.3 Å². The first-order valence-electron chi connectivity index (χ1n) is 4.80. The molecule has 1 aromatic heterocycles. The van der Waals surface area contributed by atoms with Crippen LogP contribution in [-0.4, -0.2) is 48.6 Å². The van der Waals surface area contributed by atoms with E-state index in [9.17, 15) is 9.59 Å². The molecule has 0 aliphatic carbocycles. The van der Waals surface area contributed by atoms with Crippen molar-refractivity contribution in [2.75, 3.05) is 26.7 Å². The van der Waals surface area contributed by atoms with Gasteiger partial charge in [0.05, 0.1) is 13.2 Å². The van der Waals surface area contributed by atoms with Crippen molar-refractivity contribution < 1.29 is 14.7 Å². The van der Waals surface area contributed by atoms with Crippen LogP contribution in [0.3, 0.4) is 0 Å². The van der Waals surface area contributed by atoms with Gasteiger partial charge in [-0.25, -0.2) is 0 Å². The second-order valence-corrected chi connectivity index (χ2v) is 4.01. The predicted molar refractivity (Wildman–Crippen MR) is 61.4 cm³/mol. The number of carbonyl (C=O) groups is 2. The molecule has 1 aromatic rings. The van der Waals surface area contributed by atoms with Gasteiger partial charge in [-0.1, -0.05) is 0 Å². The van der Waals surface area contributed by atoms with E-state index in [1.807, 2.05) is 0 Å². The minimum atomic E-state index is -0.257. The fraction of sp³-hybridized carbons (Fsp3) is 0.400. The highest BCUT2D eigenvalue weighted by atomic mass is 32.1. The number of amides is 2. The van der Waals surface area contributed by atoms with Crippen molar-refractivity contribution in [2.45, 2.75) is 0 Å². The quantitative estimate of drug-likeness (QED) is 0.759. The lowest BCUT2D eigenvalue weighted by Crippen LogP contribution is -2.39. The van der Waals surface area contributed by atoms with Gasteiger partial charge in [-0.15, -0.1) is 0 Å². The second-order valence-electron chi connectivity index (χ2n) is 3.23. The van der Waals surface area contributed by atoms with Crippen molar-refractivity contribution in [3.05, 3.63) is 22.4 Å². The zero-order valence-corrected chi connectivity index (χ0v) is 9.79. The number of aliphatic hydroxyl groups excluding tert-OH is 1. The third-order valence-electron chi connectivity index (χ3n) is 2.04. The van der Waals surface area contributed by atoms with Gasteiger partial charge in [0.25, 0.3) is 5.91 Å². The monoisotopic (exact) mass is 242 g/mol. The van der Waals surface area contributed by atoms with E-state index in [4.69, 9.17) is 5.11 Å². The van der Waals surface area contributed by atoms with Crippen molar-refractivity contribution in [1.29, 1.82) is 0 Å². The number of rotatable bonds is 5. The van der Waals surface area contributed by atoms with E-state index in [2.05, 4.69) is 5.32 Å². The largest absolute Gasteiger partial charge is 0.395 e. The first-order chi connectivity index (χ1) is 7.65. The van der Waals surface area contributed by atoms with Gasteiger partial charge in [-0.3, -0.25) is 9.59 Å². The summed E-state index contributed by atoms with van der Waals surface area (Å²) in [6.45, 7) is 0.138. The van der Waals surface area contributed by atoms with Crippen molar-refractivity contribution in [2.24, 2.45) is 0 Å². The molecule has 0 bridgehead atoms. The van der Waals surface area contributed by atoms with Crippen LogP contribution in [0.1, 0.15) is 10.4 Å². The van der Waals surface area contributed by atoms with Crippen molar-refractivity contribution in [1.82, 2.24) is 10.2 Å². The molecule has 5 nitrogen and oxygen atoms in total.